The summed E-state index contributed by atoms with van der Waals surface area (Å²) in [5.74, 6) is -2.64. The molecule has 0 heterocycles. The summed E-state index contributed by atoms with van der Waals surface area (Å²) in [6, 6.07) is -1.00. The molecule has 3 amide bonds. The number of carbonyl (C=O) groups excluding carboxylic acids is 4. The summed E-state index contributed by atoms with van der Waals surface area (Å²) >= 11 is 0. The predicted molar refractivity (Wildman–Crippen MR) is 204 cm³/mol. The second kappa shape index (κ2) is 38.1. The summed E-state index contributed by atoms with van der Waals surface area (Å²) in [4.78, 5) is 68.8. The lowest BCUT2D eigenvalue weighted by Crippen LogP contribution is -2.40. The number of hydrogen-bond acceptors (Lipinski definition) is 10. The molecule has 0 aromatic carbocycles. The van der Waals surface area contributed by atoms with E-state index in [4.69, 9.17) is 24.1 Å². The molecule has 314 valence electrons. The number of ether oxygens (including phenoxy) is 4. The van der Waals surface area contributed by atoms with Gasteiger partial charge in [0.25, 0.3) is 0 Å². The fourth-order valence-electron chi connectivity index (χ4n) is 5.45. The number of rotatable bonds is 41. The molecule has 0 saturated heterocycles. The molecule has 0 aliphatic heterocycles. The van der Waals surface area contributed by atoms with Crippen LogP contribution in [0, 0.1) is 0 Å². The molecule has 0 aromatic rings. The number of aliphatic carboxylic acids is 2. The molecular weight excluding hydrogens is 702 g/mol. The van der Waals surface area contributed by atoms with Gasteiger partial charge in [-0.1, -0.05) is 77.0 Å². The third-order valence-electron chi connectivity index (χ3n) is 8.43. The second-order valence-corrected chi connectivity index (χ2v) is 13.6. The minimum Gasteiger partial charge on any atom is -0.481 e. The van der Waals surface area contributed by atoms with Crippen LogP contribution in [-0.2, 0) is 47.7 Å². The third-order valence-corrected chi connectivity index (χ3v) is 8.43. The minimum absolute atomic E-state index is 0.0713. The Morgan fingerprint density at radius 2 is 0.889 bits per heavy atom. The Hall–Kier alpha value is -3.14. The van der Waals surface area contributed by atoms with Crippen LogP contribution in [0.25, 0.3) is 0 Å². The van der Waals surface area contributed by atoms with Crippen molar-refractivity contribution in [3.8, 4) is 0 Å². The maximum Gasteiger partial charge on any atom is 0.326 e. The quantitative estimate of drug-likeness (QED) is 0.0534. The molecule has 0 radical (unpaired) electrons. The van der Waals surface area contributed by atoms with Crippen LogP contribution in [0.2, 0.25) is 0 Å². The van der Waals surface area contributed by atoms with Crippen molar-refractivity contribution in [2.24, 2.45) is 0 Å². The predicted octanol–water partition coefficient (Wildman–Crippen LogP) is 4.72. The van der Waals surface area contributed by atoms with E-state index in [-0.39, 0.29) is 56.0 Å². The molecule has 0 aromatic heterocycles. The van der Waals surface area contributed by atoms with Crippen molar-refractivity contribution in [1.82, 2.24) is 16.0 Å². The van der Waals surface area contributed by atoms with E-state index in [0.717, 1.165) is 44.9 Å². The van der Waals surface area contributed by atoms with E-state index in [2.05, 4.69) is 16.0 Å². The van der Waals surface area contributed by atoms with E-state index < -0.39 is 18.0 Å². The van der Waals surface area contributed by atoms with E-state index in [1.807, 2.05) is 0 Å². The highest BCUT2D eigenvalue weighted by Crippen LogP contribution is 2.14. The van der Waals surface area contributed by atoms with Crippen molar-refractivity contribution in [3.05, 3.63) is 0 Å². The number of hydrogen-bond donors (Lipinski definition) is 5. The van der Waals surface area contributed by atoms with Gasteiger partial charge in [-0.2, -0.15) is 0 Å². The first-order chi connectivity index (χ1) is 26.1. The van der Waals surface area contributed by atoms with Gasteiger partial charge in [0.1, 0.15) is 19.3 Å². The lowest BCUT2D eigenvalue weighted by Gasteiger charge is -2.14. The number of Topliss-reactive ketones (excluding diaryl/α,β-unsaturated/α-hetero) is 1. The van der Waals surface area contributed by atoms with Crippen molar-refractivity contribution < 1.29 is 57.9 Å². The Bertz CT molecular complexity index is 998. The Kier molecular flexibility index (Phi) is 35.9. The summed E-state index contributed by atoms with van der Waals surface area (Å²) in [5.41, 5.74) is 0. The van der Waals surface area contributed by atoms with Crippen LogP contribution in [0.5, 0.6) is 0 Å². The van der Waals surface area contributed by atoms with Crippen molar-refractivity contribution in [3.63, 3.8) is 0 Å². The Morgan fingerprint density at radius 1 is 0.463 bits per heavy atom. The Morgan fingerprint density at radius 3 is 1.35 bits per heavy atom. The van der Waals surface area contributed by atoms with Crippen LogP contribution in [0.4, 0.5) is 0 Å². The lowest BCUT2D eigenvalue weighted by atomic mass is 10.0. The van der Waals surface area contributed by atoms with Gasteiger partial charge in [-0.3, -0.25) is 24.0 Å². The molecule has 0 bridgehead atoms. The topological polar surface area (TPSA) is 216 Å². The maximum absolute atomic E-state index is 12.3. The molecule has 0 saturated carbocycles. The number of carbonyl (C=O) groups is 6. The number of nitrogens with one attached hydrogen (secondary N) is 3. The van der Waals surface area contributed by atoms with Crippen molar-refractivity contribution in [1.29, 1.82) is 0 Å². The largest absolute Gasteiger partial charge is 0.481 e. The van der Waals surface area contributed by atoms with Gasteiger partial charge in [-0.15, -0.1) is 0 Å². The number of amides is 3. The van der Waals surface area contributed by atoms with Gasteiger partial charge >= 0.3 is 11.9 Å². The zero-order valence-corrected chi connectivity index (χ0v) is 33.0. The Labute approximate surface area is 322 Å². The molecule has 15 nitrogen and oxygen atoms in total. The average molecular weight is 774 g/mol. The van der Waals surface area contributed by atoms with E-state index >= 15 is 0 Å². The summed E-state index contributed by atoms with van der Waals surface area (Å²) in [5, 5.41) is 26.2. The fraction of sp³-hybridized carbons (Fsp3) is 0.846. The first kappa shape index (κ1) is 50.9. The lowest BCUT2D eigenvalue weighted by molar-refractivity contribution is -0.142. The smallest absolute Gasteiger partial charge is 0.326 e. The number of ketones is 1. The van der Waals surface area contributed by atoms with E-state index in [9.17, 15) is 33.9 Å². The minimum atomic E-state index is -1.10. The fourth-order valence-corrected chi connectivity index (χ4v) is 5.45. The molecule has 0 fully saturated rings. The van der Waals surface area contributed by atoms with Crippen molar-refractivity contribution in [2.45, 2.75) is 148 Å². The van der Waals surface area contributed by atoms with Crippen LogP contribution < -0.4 is 16.0 Å². The van der Waals surface area contributed by atoms with Crippen LogP contribution in [0.3, 0.4) is 0 Å². The van der Waals surface area contributed by atoms with E-state index in [0.29, 0.717) is 78.4 Å². The van der Waals surface area contributed by atoms with Crippen LogP contribution in [0.15, 0.2) is 0 Å². The van der Waals surface area contributed by atoms with Crippen LogP contribution >= 0.6 is 0 Å². The molecule has 0 aliphatic carbocycles. The van der Waals surface area contributed by atoms with Crippen molar-refractivity contribution in [2.75, 3.05) is 65.9 Å². The SMILES string of the molecule is CC(=O)COCC(=O)NCCCOCCOCCOCCCNC(=O)CCC[C@@H](NC(=O)CCCCCCCCCCCCCCCCC(=O)O)C(=O)O. The number of unbranched alkanes of at least 4 members (excludes halogenated alkanes) is 13. The summed E-state index contributed by atoms with van der Waals surface area (Å²) in [7, 11) is 0. The first-order valence-corrected chi connectivity index (χ1v) is 20.2. The van der Waals surface area contributed by atoms with Crippen molar-refractivity contribution >= 4 is 35.4 Å². The molecular formula is C39H71N3O12. The second-order valence-electron chi connectivity index (χ2n) is 13.6. The molecule has 0 aliphatic rings. The highest BCUT2D eigenvalue weighted by molar-refractivity contribution is 5.83. The van der Waals surface area contributed by atoms with Gasteiger partial charge in [0.05, 0.1) is 26.4 Å². The molecule has 54 heavy (non-hydrogen) atoms. The zero-order chi connectivity index (χ0) is 39.9. The summed E-state index contributed by atoms with van der Waals surface area (Å²) in [6.45, 7) is 4.68. The normalized spacial score (nSPS) is 11.6. The van der Waals surface area contributed by atoms with E-state index in [1.54, 1.807) is 0 Å². The molecule has 0 unspecified atom stereocenters. The van der Waals surface area contributed by atoms with Gasteiger partial charge in [-0.05, 0) is 45.4 Å². The standard InChI is InChI=1S/C39H71N3O12/c1-33(43)31-54-32-37(46)41-24-18-26-52-28-30-53-29-27-51-25-17-23-40-35(44)21-16-19-34(39(49)50)42-36(45)20-14-12-10-8-6-4-2-3-5-7-9-11-13-15-22-38(47)48/h34H,2-32H2,1H3,(H,40,44)(H,41,46)(H,42,45)(H,47,48)(H,49,50)/t34-/m1/s1. The maximum atomic E-state index is 12.3. The monoisotopic (exact) mass is 774 g/mol. The molecule has 5 N–H and O–H groups in total. The third kappa shape index (κ3) is 38.6. The van der Waals surface area contributed by atoms with Crippen LogP contribution in [-0.4, -0.2) is 118 Å². The highest BCUT2D eigenvalue weighted by Gasteiger charge is 2.19. The molecule has 0 rings (SSSR count). The molecule has 1 atom stereocenters. The van der Waals surface area contributed by atoms with Gasteiger partial charge in [-0.25, -0.2) is 4.79 Å². The van der Waals surface area contributed by atoms with Gasteiger partial charge in [0.2, 0.25) is 17.7 Å². The van der Waals surface area contributed by atoms with Gasteiger partial charge in [0.15, 0.2) is 5.78 Å². The summed E-state index contributed by atoms with van der Waals surface area (Å²) in [6.07, 6.45) is 17.9. The van der Waals surface area contributed by atoms with Gasteiger partial charge in [0, 0.05) is 45.6 Å². The summed E-state index contributed by atoms with van der Waals surface area (Å²) < 4.78 is 21.3. The highest BCUT2D eigenvalue weighted by atomic mass is 16.5. The van der Waals surface area contributed by atoms with Crippen LogP contribution in [0.1, 0.15) is 142 Å². The number of carboxylic acids is 2. The molecule has 0 spiro atoms. The Balaban J connectivity index is 3.58. The van der Waals surface area contributed by atoms with Gasteiger partial charge < -0.3 is 45.1 Å². The first-order valence-electron chi connectivity index (χ1n) is 20.2. The average Bonchev–Trinajstić information content (AvgIpc) is 3.12. The zero-order valence-electron chi connectivity index (χ0n) is 33.0. The molecule has 15 heteroatoms. The number of carboxylic acid groups (broad SMARTS) is 2. The van der Waals surface area contributed by atoms with E-state index in [1.165, 1.54) is 51.9 Å².